The highest BCUT2D eigenvalue weighted by molar-refractivity contribution is 6.33. The van der Waals surface area contributed by atoms with Gasteiger partial charge in [-0.3, -0.25) is 9.59 Å². The van der Waals surface area contributed by atoms with Crippen molar-refractivity contribution in [2.24, 2.45) is 0 Å². The van der Waals surface area contributed by atoms with Crippen LogP contribution in [0, 0.1) is 11.3 Å². The highest BCUT2D eigenvalue weighted by Gasteiger charge is 2.43. The average Bonchev–Trinajstić information content (AvgIpc) is 3.12. The van der Waals surface area contributed by atoms with Crippen molar-refractivity contribution in [2.45, 2.75) is 38.5 Å². The van der Waals surface area contributed by atoms with E-state index < -0.39 is 0 Å². The molecule has 4 nitrogen and oxygen atoms in total. The Morgan fingerprint density at radius 2 is 1.72 bits per heavy atom. The third-order valence-corrected chi connectivity index (χ3v) is 6.76. The molecule has 0 unspecified atom stereocenters. The Bertz CT molecular complexity index is 1150. The first-order valence-electron chi connectivity index (χ1n) is 10.1. The molecule has 2 aromatic carbocycles. The largest absolute Gasteiger partial charge is 0.371 e. The number of Topliss-reactive ketones (excluding diaryl/α,β-unsaturated/α-hetero) is 2. The van der Waals surface area contributed by atoms with Crippen molar-refractivity contribution in [3.05, 3.63) is 69.8 Å². The lowest BCUT2D eigenvalue weighted by Gasteiger charge is -2.36. The van der Waals surface area contributed by atoms with Crippen LogP contribution in [0.5, 0.6) is 0 Å². The molecule has 3 aliphatic rings. The van der Waals surface area contributed by atoms with Gasteiger partial charge in [-0.05, 0) is 59.0 Å². The predicted octanol–water partition coefficient (Wildman–Crippen LogP) is 4.21. The highest BCUT2D eigenvalue weighted by atomic mass is 16.1. The number of nitriles is 1. The second-order valence-corrected chi connectivity index (χ2v) is 8.72. The fraction of sp³-hybridized carbons (Fsp3) is 0.320. The zero-order chi connectivity index (χ0) is 20.3. The zero-order valence-corrected chi connectivity index (χ0v) is 16.7. The van der Waals surface area contributed by atoms with Crippen LogP contribution in [0.4, 0.5) is 5.69 Å². The summed E-state index contributed by atoms with van der Waals surface area (Å²) in [7, 11) is 0. The lowest BCUT2D eigenvalue weighted by atomic mass is 9.68. The van der Waals surface area contributed by atoms with Crippen molar-refractivity contribution in [2.75, 3.05) is 18.0 Å². The zero-order valence-electron chi connectivity index (χ0n) is 16.7. The van der Waals surface area contributed by atoms with Gasteiger partial charge in [0.05, 0.1) is 11.6 Å². The molecule has 0 spiro atoms. The summed E-state index contributed by atoms with van der Waals surface area (Å²) in [5, 5.41) is 9.24. The molecule has 1 aliphatic heterocycles. The molecule has 0 saturated carbocycles. The van der Waals surface area contributed by atoms with Gasteiger partial charge in [-0.1, -0.05) is 19.9 Å². The topological polar surface area (TPSA) is 61.2 Å². The van der Waals surface area contributed by atoms with Crippen LogP contribution in [0.1, 0.15) is 59.3 Å². The minimum atomic E-state index is -0.272. The van der Waals surface area contributed by atoms with Crippen molar-refractivity contribution >= 4 is 22.8 Å². The number of nitrogens with zero attached hydrogens (tertiary/aromatic N) is 2. The van der Waals surface area contributed by atoms with Gasteiger partial charge in [0.2, 0.25) is 0 Å². The summed E-state index contributed by atoms with van der Waals surface area (Å²) in [4.78, 5) is 27.3. The molecule has 1 heterocycles. The van der Waals surface area contributed by atoms with Gasteiger partial charge in [-0.2, -0.15) is 5.26 Å². The average molecular weight is 382 g/mol. The van der Waals surface area contributed by atoms with E-state index in [9.17, 15) is 14.9 Å². The Hall–Kier alpha value is -3.19. The van der Waals surface area contributed by atoms with Crippen LogP contribution in [0.2, 0.25) is 0 Å². The molecule has 2 aliphatic carbocycles. The van der Waals surface area contributed by atoms with Crippen LogP contribution < -0.4 is 4.90 Å². The van der Waals surface area contributed by atoms with Crippen LogP contribution in [-0.2, 0) is 16.6 Å². The molecule has 144 valence electrons. The quantitative estimate of drug-likeness (QED) is 0.741. The summed E-state index contributed by atoms with van der Waals surface area (Å²) in [6.07, 6.45) is 1.89. The van der Waals surface area contributed by atoms with Crippen LogP contribution in [-0.4, -0.2) is 24.7 Å². The number of allylic oxidation sites excluding steroid dienone is 2. The fourth-order valence-corrected chi connectivity index (χ4v) is 5.04. The Morgan fingerprint density at radius 3 is 2.45 bits per heavy atom. The minimum Gasteiger partial charge on any atom is -0.371 e. The summed E-state index contributed by atoms with van der Waals surface area (Å²) in [6, 6.07) is 14.0. The molecule has 0 N–H and O–H groups in total. The number of anilines is 1. The van der Waals surface area contributed by atoms with Gasteiger partial charge in [-0.15, -0.1) is 0 Å². The lowest BCUT2D eigenvalue weighted by molar-refractivity contribution is -0.119. The molecule has 0 bridgehead atoms. The molecule has 4 heteroatoms. The maximum Gasteiger partial charge on any atom is 0.193 e. The van der Waals surface area contributed by atoms with Crippen molar-refractivity contribution in [3.63, 3.8) is 0 Å². The maximum atomic E-state index is 13.5. The van der Waals surface area contributed by atoms with Gasteiger partial charge >= 0.3 is 0 Å². The number of hydrogen-bond acceptors (Lipinski definition) is 4. The number of ketones is 2. The summed E-state index contributed by atoms with van der Waals surface area (Å²) in [5.74, 6) is 0.406. The summed E-state index contributed by atoms with van der Waals surface area (Å²) >= 11 is 0. The second kappa shape index (κ2) is 6.15. The second-order valence-electron chi connectivity index (χ2n) is 8.72. The first kappa shape index (κ1) is 17.9. The molecule has 1 fully saturated rings. The molecule has 0 atom stereocenters. The van der Waals surface area contributed by atoms with E-state index in [1.54, 1.807) is 6.07 Å². The van der Waals surface area contributed by atoms with Gasteiger partial charge in [0, 0.05) is 48.2 Å². The van der Waals surface area contributed by atoms with E-state index >= 15 is 0 Å². The lowest BCUT2D eigenvalue weighted by Crippen LogP contribution is -2.35. The van der Waals surface area contributed by atoms with Gasteiger partial charge in [0.25, 0.3) is 0 Å². The molecule has 1 saturated heterocycles. The summed E-state index contributed by atoms with van der Waals surface area (Å²) in [5.41, 5.74) is 7.28. The number of carbonyl (C=O) groups excluding carboxylic acids is 2. The fourth-order valence-electron chi connectivity index (χ4n) is 5.04. The highest BCUT2D eigenvalue weighted by Crippen LogP contribution is 2.50. The van der Waals surface area contributed by atoms with Gasteiger partial charge in [0.15, 0.2) is 5.78 Å². The maximum absolute atomic E-state index is 13.5. The molecule has 0 aromatic heterocycles. The standard InChI is InChI=1S/C25H22N2O2/c1-25(2)21-13-17(27-9-7-18(28)8-10-27)4-6-20(21)24(29)23-19-5-3-15(14-26)11-16(19)12-22(23)25/h3-6,11,13H,7-10,12H2,1-2H3. The smallest absolute Gasteiger partial charge is 0.193 e. The molecule has 29 heavy (non-hydrogen) atoms. The van der Waals surface area contributed by atoms with Gasteiger partial charge in [-0.25, -0.2) is 0 Å². The Balaban J connectivity index is 1.59. The van der Waals surface area contributed by atoms with E-state index in [0.717, 1.165) is 52.2 Å². The van der Waals surface area contributed by atoms with Crippen LogP contribution >= 0.6 is 0 Å². The SMILES string of the molecule is CC1(C)C2=C(C(=O)c3ccc(N4CCC(=O)CC4)cc31)c1ccc(C#N)cc1C2. The van der Waals surface area contributed by atoms with E-state index in [4.69, 9.17) is 0 Å². The van der Waals surface area contributed by atoms with E-state index in [-0.39, 0.29) is 11.2 Å². The van der Waals surface area contributed by atoms with E-state index in [0.29, 0.717) is 30.6 Å². The van der Waals surface area contributed by atoms with Crippen LogP contribution in [0.15, 0.2) is 42.0 Å². The minimum absolute atomic E-state index is 0.0816. The molecular weight excluding hydrogens is 360 g/mol. The number of carbonyl (C=O) groups is 2. The van der Waals surface area contributed by atoms with E-state index in [1.807, 2.05) is 24.3 Å². The molecule has 5 rings (SSSR count). The van der Waals surface area contributed by atoms with Gasteiger partial charge < -0.3 is 4.90 Å². The Morgan fingerprint density at radius 1 is 1.00 bits per heavy atom. The first-order valence-corrected chi connectivity index (χ1v) is 10.1. The van der Waals surface area contributed by atoms with Crippen LogP contribution in [0.25, 0.3) is 5.57 Å². The third kappa shape index (κ3) is 2.57. The molecule has 0 amide bonds. The first-order chi connectivity index (χ1) is 13.9. The normalized spacial score (nSPS) is 19.6. The molecule has 2 aromatic rings. The van der Waals surface area contributed by atoms with Crippen LogP contribution in [0.3, 0.4) is 0 Å². The third-order valence-electron chi connectivity index (χ3n) is 6.76. The predicted molar refractivity (Wildman–Crippen MR) is 112 cm³/mol. The number of piperidine rings is 1. The van der Waals surface area contributed by atoms with Crippen molar-refractivity contribution in [1.82, 2.24) is 0 Å². The van der Waals surface area contributed by atoms with Gasteiger partial charge in [0.1, 0.15) is 5.78 Å². The molecule has 0 radical (unpaired) electrons. The van der Waals surface area contributed by atoms with E-state index in [2.05, 4.69) is 30.9 Å². The summed E-state index contributed by atoms with van der Waals surface area (Å²) in [6.45, 7) is 5.85. The monoisotopic (exact) mass is 382 g/mol. The Kier molecular flexibility index (Phi) is 3.79. The number of fused-ring (bicyclic) bond motifs is 3. The Labute approximate surface area is 170 Å². The summed E-state index contributed by atoms with van der Waals surface area (Å²) < 4.78 is 0. The van der Waals surface area contributed by atoms with Crippen molar-refractivity contribution in [3.8, 4) is 6.07 Å². The van der Waals surface area contributed by atoms with Crippen molar-refractivity contribution in [1.29, 1.82) is 5.26 Å². The number of hydrogen-bond donors (Lipinski definition) is 0. The van der Waals surface area contributed by atoms with Crippen molar-refractivity contribution < 1.29 is 9.59 Å². The van der Waals surface area contributed by atoms with E-state index in [1.165, 1.54) is 0 Å². The molecular formula is C25H22N2O2. The number of rotatable bonds is 1. The number of benzene rings is 2.